The Bertz CT molecular complexity index is 887. The van der Waals surface area contributed by atoms with Gasteiger partial charge < -0.3 is 19.3 Å². The fourth-order valence-electron chi connectivity index (χ4n) is 6.23. The molecule has 0 saturated heterocycles. The van der Waals surface area contributed by atoms with E-state index in [4.69, 9.17) is 9.47 Å². The molecule has 0 amide bonds. The minimum Gasteiger partial charge on any atom is -0.375 e. The predicted octanol–water partition coefficient (Wildman–Crippen LogP) is 11.3. The molecule has 0 bridgehead atoms. The van der Waals surface area contributed by atoms with Crippen LogP contribution in [-0.2, 0) is 22.7 Å². The molecule has 2 aromatic rings. The summed E-state index contributed by atoms with van der Waals surface area (Å²) < 4.78 is 12.4. The van der Waals surface area contributed by atoms with Crippen LogP contribution in [0.1, 0.15) is 141 Å². The molecule has 0 heterocycles. The third-order valence-corrected chi connectivity index (χ3v) is 9.36. The third-order valence-electron chi connectivity index (χ3n) is 9.36. The van der Waals surface area contributed by atoms with Gasteiger partial charge in [-0.05, 0) is 62.3 Å². The Hall–Kier alpha value is -1.72. The van der Waals surface area contributed by atoms with E-state index in [1.54, 1.807) is 0 Å². The summed E-state index contributed by atoms with van der Waals surface area (Å²) in [6, 6.07) is 17.4. The fraction of sp³-hybridized carbons (Fsp3) is 0.714. The molecule has 0 radical (unpaired) electrons. The third kappa shape index (κ3) is 19.8. The maximum absolute atomic E-state index is 6.20. The van der Waals surface area contributed by atoms with Crippen molar-refractivity contribution in [2.45, 2.75) is 143 Å². The molecule has 262 valence electrons. The van der Waals surface area contributed by atoms with E-state index in [9.17, 15) is 0 Å². The molecule has 0 atom stereocenters. The van der Waals surface area contributed by atoms with Crippen LogP contribution >= 0.6 is 0 Å². The van der Waals surface area contributed by atoms with Gasteiger partial charge in [-0.1, -0.05) is 165 Å². The number of unbranched alkanes of at least 4 members (excludes halogenated alkanes) is 16. The van der Waals surface area contributed by atoms with Gasteiger partial charge in [-0.2, -0.15) is 0 Å². The Morgan fingerprint density at radius 3 is 1.11 bits per heavy atom. The van der Waals surface area contributed by atoms with Crippen molar-refractivity contribution >= 4 is 0 Å². The zero-order chi connectivity index (χ0) is 32.9. The molecule has 0 spiro atoms. The molecule has 0 aliphatic rings. The topological polar surface area (TPSA) is 24.9 Å². The predicted molar refractivity (Wildman–Crippen MR) is 201 cm³/mol. The van der Waals surface area contributed by atoms with Gasteiger partial charge in [-0.15, -0.1) is 0 Å². The minimum absolute atomic E-state index is 0.640. The van der Waals surface area contributed by atoms with Gasteiger partial charge in [0.2, 0.25) is 0 Å². The highest BCUT2D eigenvalue weighted by Crippen LogP contribution is 2.28. The average molecular weight is 637 g/mol. The Balaban J connectivity index is 1.64. The van der Waals surface area contributed by atoms with E-state index in [2.05, 4.69) is 86.3 Å². The van der Waals surface area contributed by atoms with Gasteiger partial charge in [0.25, 0.3) is 0 Å². The van der Waals surface area contributed by atoms with E-state index in [1.165, 1.54) is 138 Å². The smallest absolute Gasteiger partial charge is 0.0723 e. The second kappa shape index (κ2) is 28.3. The number of hydrogen-bond acceptors (Lipinski definition) is 4. The van der Waals surface area contributed by atoms with Crippen molar-refractivity contribution in [2.24, 2.45) is 0 Å². The van der Waals surface area contributed by atoms with Crippen LogP contribution in [0.15, 0.2) is 48.5 Å². The average Bonchev–Trinajstić information content (AvgIpc) is 3.07. The monoisotopic (exact) mass is 637 g/mol. The van der Waals surface area contributed by atoms with Gasteiger partial charge in [0.05, 0.1) is 26.4 Å². The van der Waals surface area contributed by atoms with Crippen molar-refractivity contribution in [3.63, 3.8) is 0 Å². The van der Waals surface area contributed by atoms with Crippen molar-refractivity contribution in [3.8, 4) is 11.1 Å². The number of hydrogen-bond donors (Lipinski definition) is 0. The summed E-state index contributed by atoms with van der Waals surface area (Å²) in [7, 11) is 4.46. The highest BCUT2D eigenvalue weighted by molar-refractivity contribution is 5.70. The first-order chi connectivity index (χ1) is 22.7. The lowest BCUT2D eigenvalue weighted by molar-refractivity contribution is 0.0985. The van der Waals surface area contributed by atoms with Crippen molar-refractivity contribution in [1.82, 2.24) is 9.80 Å². The van der Waals surface area contributed by atoms with Crippen LogP contribution in [0.2, 0.25) is 0 Å². The van der Waals surface area contributed by atoms with Crippen LogP contribution in [0, 0.1) is 0 Å². The zero-order valence-corrected chi connectivity index (χ0v) is 30.7. The number of ether oxygens (including phenoxy) is 2. The maximum atomic E-state index is 6.20. The van der Waals surface area contributed by atoms with Crippen LogP contribution in [0.5, 0.6) is 0 Å². The Morgan fingerprint density at radius 2 is 0.739 bits per heavy atom. The van der Waals surface area contributed by atoms with E-state index in [1.807, 2.05) is 0 Å². The molecule has 2 rings (SSSR count). The van der Waals surface area contributed by atoms with E-state index < -0.39 is 0 Å². The molecule has 4 heteroatoms. The summed E-state index contributed by atoms with van der Waals surface area (Å²) in [5.41, 5.74) is 5.01. The standard InChI is InChI=1S/C42H72N2O2/c1-5-7-9-11-13-15-17-19-25-31-43(3)33-35-45-37-39-27-21-23-29-41(39)42-30-24-22-28-40(42)38-46-36-34-44(4)32-26-20-18-16-14-12-10-8-6-2/h21-24,27-30H,5-20,25-26,31-38H2,1-4H3. The van der Waals surface area contributed by atoms with Gasteiger partial charge >= 0.3 is 0 Å². The second-order valence-electron chi connectivity index (χ2n) is 13.7. The first-order valence-corrected chi connectivity index (χ1v) is 19.3. The summed E-state index contributed by atoms with van der Waals surface area (Å²) in [5.74, 6) is 0. The summed E-state index contributed by atoms with van der Waals surface area (Å²) in [4.78, 5) is 4.85. The Morgan fingerprint density at radius 1 is 0.413 bits per heavy atom. The van der Waals surface area contributed by atoms with E-state index in [-0.39, 0.29) is 0 Å². The van der Waals surface area contributed by atoms with Gasteiger partial charge in [-0.25, -0.2) is 0 Å². The molecular formula is C42H72N2O2. The largest absolute Gasteiger partial charge is 0.375 e. The highest BCUT2D eigenvalue weighted by Gasteiger charge is 2.10. The second-order valence-corrected chi connectivity index (χ2v) is 13.7. The van der Waals surface area contributed by atoms with E-state index in [0.29, 0.717) is 13.2 Å². The molecule has 0 aromatic heterocycles. The molecule has 0 fully saturated rings. The molecule has 0 aliphatic carbocycles. The van der Waals surface area contributed by atoms with Gasteiger partial charge in [-0.3, -0.25) is 0 Å². The van der Waals surface area contributed by atoms with Crippen LogP contribution in [-0.4, -0.2) is 63.3 Å². The molecular weight excluding hydrogens is 564 g/mol. The maximum Gasteiger partial charge on any atom is 0.0723 e. The van der Waals surface area contributed by atoms with Gasteiger partial charge in [0.1, 0.15) is 0 Å². The summed E-state index contributed by atoms with van der Waals surface area (Å²) >= 11 is 0. The molecule has 46 heavy (non-hydrogen) atoms. The Labute approximate surface area is 285 Å². The zero-order valence-electron chi connectivity index (χ0n) is 30.7. The lowest BCUT2D eigenvalue weighted by Crippen LogP contribution is -2.24. The lowest BCUT2D eigenvalue weighted by atomic mass is 9.96. The SMILES string of the molecule is CCCCCCCCCCCN(C)CCOCc1ccccc1-c1ccccc1COCCN(C)CCCCCCCCCCC. The highest BCUT2D eigenvalue weighted by atomic mass is 16.5. The van der Waals surface area contributed by atoms with E-state index >= 15 is 0 Å². The normalized spacial score (nSPS) is 11.7. The molecule has 0 unspecified atom stereocenters. The molecule has 0 saturated carbocycles. The number of nitrogens with zero attached hydrogens (tertiary/aromatic N) is 2. The van der Waals surface area contributed by atoms with Crippen LogP contribution in [0.25, 0.3) is 11.1 Å². The number of benzene rings is 2. The molecule has 4 nitrogen and oxygen atoms in total. The summed E-state index contributed by atoms with van der Waals surface area (Å²) in [5, 5.41) is 0. The van der Waals surface area contributed by atoms with Crippen molar-refractivity contribution in [3.05, 3.63) is 59.7 Å². The molecule has 0 N–H and O–H groups in total. The van der Waals surface area contributed by atoms with Crippen LogP contribution in [0.4, 0.5) is 0 Å². The first kappa shape index (κ1) is 40.5. The van der Waals surface area contributed by atoms with Crippen LogP contribution in [0.3, 0.4) is 0 Å². The first-order valence-electron chi connectivity index (χ1n) is 19.3. The van der Waals surface area contributed by atoms with Gasteiger partial charge in [0, 0.05) is 13.1 Å². The summed E-state index contributed by atoms with van der Waals surface area (Å²) in [6.07, 6.45) is 24.9. The number of rotatable bonds is 31. The molecule has 2 aromatic carbocycles. The quantitative estimate of drug-likeness (QED) is 0.0769. The fourth-order valence-corrected chi connectivity index (χ4v) is 6.23. The van der Waals surface area contributed by atoms with Crippen molar-refractivity contribution in [1.29, 1.82) is 0 Å². The van der Waals surface area contributed by atoms with Crippen molar-refractivity contribution in [2.75, 3.05) is 53.5 Å². The lowest BCUT2D eigenvalue weighted by Gasteiger charge is -2.18. The minimum atomic E-state index is 0.640. The summed E-state index contributed by atoms with van der Waals surface area (Å²) in [6.45, 7) is 11.7. The van der Waals surface area contributed by atoms with Crippen LogP contribution < -0.4 is 0 Å². The van der Waals surface area contributed by atoms with E-state index in [0.717, 1.165) is 39.4 Å². The Kier molecular flexibility index (Phi) is 24.9. The molecule has 0 aliphatic heterocycles. The van der Waals surface area contributed by atoms with Crippen molar-refractivity contribution < 1.29 is 9.47 Å². The van der Waals surface area contributed by atoms with Gasteiger partial charge in [0.15, 0.2) is 0 Å². The number of likely N-dealkylation sites (N-methyl/N-ethyl adjacent to an activating group) is 2.